The van der Waals surface area contributed by atoms with Crippen LogP contribution in [-0.4, -0.2) is 72.7 Å². The van der Waals surface area contributed by atoms with Gasteiger partial charge >= 0.3 is 0 Å². The second-order valence-corrected chi connectivity index (χ2v) is 10.6. The van der Waals surface area contributed by atoms with E-state index >= 15 is 0 Å². The third-order valence-electron chi connectivity index (χ3n) is 5.59. The molecule has 2 aromatic rings. The molecule has 7 nitrogen and oxygen atoms in total. The van der Waals surface area contributed by atoms with Gasteiger partial charge in [0.05, 0.1) is 32.8 Å². The van der Waals surface area contributed by atoms with E-state index in [4.69, 9.17) is 16.3 Å². The van der Waals surface area contributed by atoms with E-state index in [1.54, 1.807) is 24.1 Å². The average Bonchev–Trinajstić information content (AvgIpc) is 3.44. The van der Waals surface area contributed by atoms with Gasteiger partial charge in [0.1, 0.15) is 0 Å². The molecule has 0 saturated carbocycles. The molecule has 4 heterocycles. The Bertz CT molecular complexity index is 946. The van der Waals surface area contributed by atoms with E-state index in [1.807, 2.05) is 13.1 Å². The number of methoxy groups -OCH3 is 1. The van der Waals surface area contributed by atoms with Gasteiger partial charge in [-0.05, 0) is 37.2 Å². The van der Waals surface area contributed by atoms with Crippen LogP contribution in [0.3, 0.4) is 0 Å². The van der Waals surface area contributed by atoms with Crippen LogP contribution in [-0.2, 0) is 11.3 Å². The van der Waals surface area contributed by atoms with Crippen LogP contribution in [0.2, 0.25) is 4.34 Å². The van der Waals surface area contributed by atoms with E-state index in [0.29, 0.717) is 27.1 Å². The molecule has 4 rings (SSSR count). The number of amides is 2. The molecule has 1 saturated heterocycles. The first-order chi connectivity index (χ1) is 14.4. The summed E-state index contributed by atoms with van der Waals surface area (Å²) in [5.41, 5.74) is 1.07. The van der Waals surface area contributed by atoms with Crippen molar-refractivity contribution in [1.29, 1.82) is 0 Å². The van der Waals surface area contributed by atoms with Crippen LogP contribution in [0.1, 0.15) is 42.3 Å². The average molecular weight is 470 g/mol. The van der Waals surface area contributed by atoms with Crippen molar-refractivity contribution in [2.75, 3.05) is 33.9 Å². The summed E-state index contributed by atoms with van der Waals surface area (Å²) >= 11 is 8.62. The van der Waals surface area contributed by atoms with Gasteiger partial charge in [-0.1, -0.05) is 11.6 Å². The van der Waals surface area contributed by atoms with Crippen LogP contribution in [0.4, 0.5) is 0 Å². The normalized spacial score (nSPS) is 24.1. The Labute approximate surface area is 188 Å². The fourth-order valence-corrected chi connectivity index (χ4v) is 6.31. The van der Waals surface area contributed by atoms with Crippen LogP contribution in [0, 0.1) is 0 Å². The Balaban J connectivity index is 1.48. The number of fused-ring (bicyclic) bond motifs is 1. The number of aliphatic hydroxyl groups excluding tert-OH is 1. The molecular weight excluding hydrogens is 446 g/mol. The Kier molecular flexibility index (Phi) is 6.47. The molecule has 0 aliphatic carbocycles. The smallest absolute Gasteiger partial charge is 0.264 e. The number of carbonyl (C=O) groups is 2. The first-order valence-electron chi connectivity index (χ1n) is 9.71. The highest BCUT2D eigenvalue weighted by Crippen LogP contribution is 2.36. The molecule has 2 N–H and O–H groups in total. The lowest BCUT2D eigenvalue weighted by atomic mass is 10.1. The van der Waals surface area contributed by atoms with Gasteiger partial charge in [-0.15, -0.1) is 22.7 Å². The van der Waals surface area contributed by atoms with Gasteiger partial charge in [0.2, 0.25) is 0 Å². The van der Waals surface area contributed by atoms with Gasteiger partial charge < -0.3 is 20.1 Å². The third kappa shape index (κ3) is 4.28. The number of likely N-dealkylation sites (N-methyl/N-ethyl adjacent to an activating group) is 1. The van der Waals surface area contributed by atoms with Gasteiger partial charge in [0.25, 0.3) is 11.8 Å². The summed E-state index contributed by atoms with van der Waals surface area (Å²) in [5.74, 6) is -0.317. The van der Waals surface area contributed by atoms with E-state index in [2.05, 4.69) is 10.2 Å². The van der Waals surface area contributed by atoms with Crippen molar-refractivity contribution in [1.82, 2.24) is 15.1 Å². The molecule has 10 heteroatoms. The van der Waals surface area contributed by atoms with E-state index < -0.39 is 0 Å². The summed E-state index contributed by atoms with van der Waals surface area (Å²) in [5, 5.41) is 12.8. The van der Waals surface area contributed by atoms with Crippen LogP contribution in [0.5, 0.6) is 0 Å². The number of nitrogens with zero attached hydrogens (tertiary/aromatic N) is 2. The van der Waals surface area contributed by atoms with Crippen LogP contribution in [0.25, 0.3) is 0 Å². The quantitative estimate of drug-likeness (QED) is 0.703. The zero-order valence-electron chi connectivity index (χ0n) is 16.8. The predicted octanol–water partition coefficient (Wildman–Crippen LogP) is 2.60. The van der Waals surface area contributed by atoms with Crippen molar-refractivity contribution in [3.8, 4) is 0 Å². The van der Waals surface area contributed by atoms with E-state index in [1.165, 1.54) is 22.7 Å². The first kappa shape index (κ1) is 21.7. The third-order valence-corrected chi connectivity index (χ3v) is 7.95. The molecule has 1 fully saturated rings. The number of nitrogens with one attached hydrogen (secondary N) is 1. The molecule has 2 amide bonds. The number of thiophene rings is 2. The summed E-state index contributed by atoms with van der Waals surface area (Å²) in [6.07, 6.45) is 0.468. The Morgan fingerprint density at radius 3 is 2.77 bits per heavy atom. The molecule has 0 aromatic carbocycles. The molecule has 162 valence electrons. The molecule has 0 bridgehead atoms. The van der Waals surface area contributed by atoms with Crippen LogP contribution in [0.15, 0.2) is 18.2 Å². The summed E-state index contributed by atoms with van der Waals surface area (Å²) in [6, 6.07) is 4.76. The summed E-state index contributed by atoms with van der Waals surface area (Å²) < 4.78 is 6.15. The zero-order chi connectivity index (χ0) is 21.4. The minimum absolute atomic E-state index is 0.0478. The van der Waals surface area contributed by atoms with Crippen molar-refractivity contribution < 1.29 is 19.4 Å². The molecule has 2 aliphatic rings. The van der Waals surface area contributed by atoms with Gasteiger partial charge in [0, 0.05) is 37.7 Å². The fourth-order valence-electron chi connectivity index (χ4n) is 4.11. The molecule has 2 aliphatic heterocycles. The maximum atomic E-state index is 13.3. The first-order valence-corrected chi connectivity index (χ1v) is 11.7. The molecule has 0 radical (unpaired) electrons. The van der Waals surface area contributed by atoms with E-state index in [9.17, 15) is 14.7 Å². The maximum absolute atomic E-state index is 13.3. The van der Waals surface area contributed by atoms with E-state index in [-0.39, 0.29) is 36.6 Å². The van der Waals surface area contributed by atoms with Crippen LogP contribution < -0.4 is 5.32 Å². The molecule has 2 aromatic heterocycles. The molecular formula is C20H24ClN3O4S2. The van der Waals surface area contributed by atoms with Gasteiger partial charge in [-0.25, -0.2) is 0 Å². The van der Waals surface area contributed by atoms with Gasteiger partial charge in [-0.2, -0.15) is 0 Å². The topological polar surface area (TPSA) is 82.1 Å². The van der Waals surface area contributed by atoms with E-state index in [0.717, 1.165) is 23.5 Å². The number of halogens is 1. The van der Waals surface area contributed by atoms with Crippen molar-refractivity contribution >= 4 is 46.1 Å². The van der Waals surface area contributed by atoms with Crippen LogP contribution >= 0.6 is 34.3 Å². The molecule has 30 heavy (non-hydrogen) atoms. The molecule has 1 unspecified atom stereocenters. The summed E-state index contributed by atoms with van der Waals surface area (Å²) in [7, 11) is 3.72. The Hall–Kier alpha value is -1.49. The minimum Gasteiger partial charge on any atom is -0.394 e. The van der Waals surface area contributed by atoms with Gasteiger partial charge in [-0.3, -0.25) is 14.5 Å². The van der Waals surface area contributed by atoms with Crippen molar-refractivity contribution in [3.05, 3.63) is 42.7 Å². The minimum atomic E-state index is -0.324. The standard InChI is InChI=1S/C20H24ClN3O4S2/c1-23-8-14(28-2)13-6-16(29-17(13)9-23)20(27)24-7-11(5-12(24)10-25)22-19(26)15-3-4-18(21)30-15/h3-4,6,11-12,14,25H,5,7-10H2,1-2H3,(H,22,26)/t11-,12+,14?/m1/s1. The van der Waals surface area contributed by atoms with Crippen molar-refractivity contribution in [2.45, 2.75) is 31.2 Å². The number of likely N-dealkylation sites (tertiary alicyclic amines) is 1. The number of ether oxygens (including phenoxy) is 1. The number of hydrogen-bond acceptors (Lipinski definition) is 7. The zero-order valence-corrected chi connectivity index (χ0v) is 19.1. The SMILES string of the molecule is COC1CN(C)Cc2sc(C(=O)N3C[C@H](NC(=O)c4ccc(Cl)s4)C[C@H]3CO)cc21. The number of carbonyl (C=O) groups excluding carboxylic acids is 2. The highest BCUT2D eigenvalue weighted by molar-refractivity contribution is 7.18. The number of rotatable bonds is 5. The lowest BCUT2D eigenvalue weighted by Crippen LogP contribution is -2.39. The highest BCUT2D eigenvalue weighted by atomic mass is 35.5. The van der Waals surface area contributed by atoms with Crippen molar-refractivity contribution in [2.24, 2.45) is 0 Å². The highest BCUT2D eigenvalue weighted by Gasteiger charge is 2.37. The number of hydrogen-bond donors (Lipinski definition) is 2. The second kappa shape index (κ2) is 8.94. The number of aliphatic hydroxyl groups is 1. The Morgan fingerprint density at radius 2 is 2.10 bits per heavy atom. The largest absolute Gasteiger partial charge is 0.394 e. The summed E-state index contributed by atoms with van der Waals surface area (Å²) in [4.78, 5) is 31.9. The van der Waals surface area contributed by atoms with Gasteiger partial charge in [0.15, 0.2) is 0 Å². The summed E-state index contributed by atoms with van der Waals surface area (Å²) in [6.45, 7) is 1.80. The fraction of sp³-hybridized carbons (Fsp3) is 0.500. The molecule has 3 atom stereocenters. The lowest BCUT2D eigenvalue weighted by Gasteiger charge is -2.28. The van der Waals surface area contributed by atoms with Crippen molar-refractivity contribution in [3.63, 3.8) is 0 Å². The molecule has 0 spiro atoms. The Morgan fingerprint density at radius 1 is 1.30 bits per heavy atom. The predicted molar refractivity (Wildman–Crippen MR) is 118 cm³/mol. The lowest BCUT2D eigenvalue weighted by molar-refractivity contribution is 0.0589. The maximum Gasteiger partial charge on any atom is 0.264 e. The monoisotopic (exact) mass is 469 g/mol. The second-order valence-electron chi connectivity index (χ2n) is 7.71.